The topological polar surface area (TPSA) is 34.4 Å². The minimum atomic E-state index is 0.0862. The summed E-state index contributed by atoms with van der Waals surface area (Å²) in [5, 5.41) is 3.40. The van der Waals surface area contributed by atoms with Crippen LogP contribution in [0.4, 0.5) is 0 Å². The number of hydrogen-bond acceptors (Lipinski definition) is 3. The van der Waals surface area contributed by atoms with Gasteiger partial charge >= 0.3 is 0 Å². The summed E-state index contributed by atoms with van der Waals surface area (Å²) in [4.78, 5) is 0. The monoisotopic (exact) mass is 287 g/mol. The molecule has 3 nitrogen and oxygen atoms in total. The maximum atomic E-state index is 5.77. The molecule has 0 saturated carbocycles. The molecule has 2 aromatic rings. The van der Waals surface area contributed by atoms with E-state index in [1.807, 2.05) is 18.2 Å². The van der Waals surface area contributed by atoms with Crippen LogP contribution in [-0.4, -0.2) is 5.54 Å². The molecule has 0 amide bonds. The first-order chi connectivity index (χ1) is 9.83. The van der Waals surface area contributed by atoms with E-state index in [9.17, 15) is 0 Å². The van der Waals surface area contributed by atoms with Gasteiger partial charge in [-0.3, -0.25) is 0 Å². The molecule has 2 rings (SSSR count). The number of nitrogens with one attached hydrogen (secondary N) is 1. The lowest BCUT2D eigenvalue weighted by Crippen LogP contribution is -2.34. The predicted molar refractivity (Wildman–Crippen MR) is 85.5 cm³/mol. The highest BCUT2D eigenvalue weighted by atomic mass is 16.5. The average molecular weight is 287 g/mol. The minimum absolute atomic E-state index is 0.0862. The van der Waals surface area contributed by atoms with Crippen molar-refractivity contribution in [2.24, 2.45) is 0 Å². The van der Waals surface area contributed by atoms with Crippen LogP contribution < -0.4 is 10.1 Å². The molecule has 1 N–H and O–H groups in total. The molecule has 0 spiro atoms. The van der Waals surface area contributed by atoms with Crippen LogP contribution in [0.25, 0.3) is 0 Å². The van der Waals surface area contributed by atoms with Gasteiger partial charge in [-0.1, -0.05) is 6.07 Å². The molecule has 0 atom stereocenters. The van der Waals surface area contributed by atoms with Crippen LogP contribution in [-0.2, 0) is 13.2 Å². The van der Waals surface area contributed by atoms with E-state index in [1.165, 1.54) is 11.1 Å². The summed E-state index contributed by atoms with van der Waals surface area (Å²) in [6.07, 6.45) is 0. The van der Waals surface area contributed by atoms with E-state index in [4.69, 9.17) is 9.15 Å². The van der Waals surface area contributed by atoms with Crippen molar-refractivity contribution in [1.82, 2.24) is 5.32 Å². The van der Waals surface area contributed by atoms with Crippen LogP contribution >= 0.6 is 0 Å². The van der Waals surface area contributed by atoms with Gasteiger partial charge in [0.2, 0.25) is 0 Å². The van der Waals surface area contributed by atoms with Crippen LogP contribution in [0.15, 0.2) is 34.7 Å². The Hall–Kier alpha value is -1.74. The Labute approximate surface area is 127 Å². The third-order valence-corrected chi connectivity index (χ3v) is 3.37. The van der Waals surface area contributed by atoms with E-state index in [0.717, 1.165) is 23.8 Å². The highest BCUT2D eigenvalue weighted by Crippen LogP contribution is 2.18. The summed E-state index contributed by atoms with van der Waals surface area (Å²) in [7, 11) is 0. The number of hydrogen-bond donors (Lipinski definition) is 1. The molecule has 0 aliphatic carbocycles. The third kappa shape index (κ3) is 4.94. The van der Waals surface area contributed by atoms with Gasteiger partial charge < -0.3 is 14.5 Å². The summed E-state index contributed by atoms with van der Waals surface area (Å²) in [5.41, 5.74) is 2.60. The van der Waals surface area contributed by atoms with Gasteiger partial charge in [-0.15, -0.1) is 0 Å². The van der Waals surface area contributed by atoms with Crippen molar-refractivity contribution in [3.63, 3.8) is 0 Å². The molecule has 0 aliphatic rings. The second kappa shape index (κ2) is 6.35. The van der Waals surface area contributed by atoms with Crippen LogP contribution in [0.3, 0.4) is 0 Å². The zero-order valence-electron chi connectivity index (χ0n) is 13.6. The van der Waals surface area contributed by atoms with Crippen LogP contribution in [0.2, 0.25) is 0 Å². The lowest BCUT2D eigenvalue weighted by Gasteiger charge is -2.19. The highest BCUT2D eigenvalue weighted by molar-refractivity contribution is 5.33. The van der Waals surface area contributed by atoms with Crippen LogP contribution in [0.1, 0.15) is 43.4 Å². The molecule has 0 unspecified atom stereocenters. The van der Waals surface area contributed by atoms with Crippen molar-refractivity contribution in [2.75, 3.05) is 0 Å². The SMILES string of the molecule is Cc1ccc(OCc2ccc(CNC(C)(C)C)o2)cc1C. The molecular weight excluding hydrogens is 262 g/mol. The second-order valence-electron chi connectivity index (χ2n) is 6.51. The summed E-state index contributed by atoms with van der Waals surface area (Å²) < 4.78 is 11.5. The van der Waals surface area contributed by atoms with Crippen LogP contribution in [0, 0.1) is 13.8 Å². The largest absolute Gasteiger partial charge is 0.486 e. The van der Waals surface area contributed by atoms with Crippen molar-refractivity contribution < 1.29 is 9.15 Å². The quantitative estimate of drug-likeness (QED) is 0.887. The Bertz CT molecular complexity index is 594. The van der Waals surface area contributed by atoms with Crippen molar-refractivity contribution in [1.29, 1.82) is 0 Å². The van der Waals surface area contributed by atoms with Gasteiger partial charge in [0.25, 0.3) is 0 Å². The molecule has 114 valence electrons. The number of benzene rings is 1. The Morgan fingerprint density at radius 3 is 2.38 bits per heavy atom. The number of rotatable bonds is 5. The van der Waals surface area contributed by atoms with E-state index in [-0.39, 0.29) is 5.54 Å². The Morgan fingerprint density at radius 1 is 1.00 bits per heavy atom. The van der Waals surface area contributed by atoms with Crippen molar-refractivity contribution in [2.45, 2.75) is 53.3 Å². The molecule has 1 aromatic heterocycles. The first-order valence-electron chi connectivity index (χ1n) is 7.36. The lowest BCUT2D eigenvalue weighted by molar-refractivity contribution is 0.263. The van der Waals surface area contributed by atoms with Gasteiger partial charge in [-0.05, 0) is 70.0 Å². The van der Waals surface area contributed by atoms with Gasteiger partial charge in [-0.25, -0.2) is 0 Å². The fourth-order valence-electron chi connectivity index (χ4n) is 1.91. The summed E-state index contributed by atoms with van der Waals surface area (Å²) in [6, 6.07) is 10.1. The van der Waals surface area contributed by atoms with E-state index in [0.29, 0.717) is 6.61 Å². The zero-order valence-corrected chi connectivity index (χ0v) is 13.6. The number of aryl methyl sites for hydroxylation is 2. The normalized spacial score (nSPS) is 11.7. The smallest absolute Gasteiger partial charge is 0.146 e. The third-order valence-electron chi connectivity index (χ3n) is 3.37. The molecular formula is C18H25NO2. The van der Waals surface area contributed by atoms with Gasteiger partial charge in [0, 0.05) is 5.54 Å². The van der Waals surface area contributed by atoms with Gasteiger partial charge in [0.1, 0.15) is 23.9 Å². The molecule has 1 aromatic carbocycles. The van der Waals surface area contributed by atoms with Crippen molar-refractivity contribution in [3.05, 3.63) is 53.0 Å². The molecule has 21 heavy (non-hydrogen) atoms. The highest BCUT2D eigenvalue weighted by Gasteiger charge is 2.10. The molecule has 0 fully saturated rings. The Balaban J connectivity index is 1.89. The first-order valence-corrected chi connectivity index (χ1v) is 7.36. The number of furan rings is 1. The maximum absolute atomic E-state index is 5.77. The number of ether oxygens (including phenoxy) is 1. The van der Waals surface area contributed by atoms with E-state index in [2.05, 4.69) is 52.1 Å². The fourth-order valence-corrected chi connectivity index (χ4v) is 1.91. The lowest BCUT2D eigenvalue weighted by atomic mass is 10.1. The first kappa shape index (κ1) is 15.6. The Morgan fingerprint density at radius 2 is 1.71 bits per heavy atom. The van der Waals surface area contributed by atoms with E-state index < -0.39 is 0 Å². The average Bonchev–Trinajstić information content (AvgIpc) is 2.85. The van der Waals surface area contributed by atoms with E-state index >= 15 is 0 Å². The molecule has 0 saturated heterocycles. The fraction of sp³-hybridized carbons (Fsp3) is 0.444. The predicted octanol–water partition coefficient (Wildman–Crippen LogP) is 4.36. The zero-order chi connectivity index (χ0) is 15.5. The maximum Gasteiger partial charge on any atom is 0.146 e. The van der Waals surface area contributed by atoms with Gasteiger partial charge in [0.15, 0.2) is 0 Å². The van der Waals surface area contributed by atoms with Crippen molar-refractivity contribution in [3.8, 4) is 5.75 Å². The standard InChI is InChI=1S/C18H25NO2/c1-13-6-7-15(10-14(13)2)20-12-17-9-8-16(21-17)11-19-18(3,4)5/h6-10,19H,11-12H2,1-5H3. The second-order valence-corrected chi connectivity index (χ2v) is 6.51. The summed E-state index contributed by atoms with van der Waals surface area (Å²) in [5.74, 6) is 2.66. The summed E-state index contributed by atoms with van der Waals surface area (Å²) in [6.45, 7) is 11.8. The molecule has 0 bridgehead atoms. The van der Waals surface area contributed by atoms with Crippen molar-refractivity contribution >= 4 is 0 Å². The van der Waals surface area contributed by atoms with Crippen LogP contribution in [0.5, 0.6) is 5.75 Å². The van der Waals surface area contributed by atoms with Gasteiger partial charge in [0.05, 0.1) is 6.54 Å². The van der Waals surface area contributed by atoms with E-state index in [1.54, 1.807) is 0 Å². The molecule has 3 heteroatoms. The molecule has 0 radical (unpaired) electrons. The molecule has 0 aliphatic heterocycles. The Kier molecular flexibility index (Phi) is 4.73. The molecule has 1 heterocycles. The minimum Gasteiger partial charge on any atom is -0.486 e. The van der Waals surface area contributed by atoms with Gasteiger partial charge in [-0.2, -0.15) is 0 Å². The summed E-state index contributed by atoms with van der Waals surface area (Å²) >= 11 is 0.